The van der Waals surface area contributed by atoms with Crippen LogP contribution in [0.3, 0.4) is 0 Å². The van der Waals surface area contributed by atoms with Gasteiger partial charge in [0.15, 0.2) is 0 Å². The Balaban J connectivity index is -0.000000291. The highest BCUT2D eigenvalue weighted by atomic mass is 16.4. The van der Waals surface area contributed by atoms with Crippen LogP contribution in [0.1, 0.15) is 19.3 Å². The average molecular weight is 355 g/mol. The van der Waals surface area contributed by atoms with Crippen molar-refractivity contribution in [2.24, 2.45) is 17.2 Å². The van der Waals surface area contributed by atoms with Crippen LogP contribution in [0.25, 0.3) is 0 Å². The van der Waals surface area contributed by atoms with E-state index in [0.29, 0.717) is 0 Å². The molecule has 140 valence electrons. The van der Waals surface area contributed by atoms with E-state index >= 15 is 0 Å². The number of carboxylic acid groups (broad SMARTS) is 5. The molecule has 11 N–H and O–H groups in total. The Hall–Kier alpha value is -2.77. The number of carboxylic acids is 5. The lowest BCUT2D eigenvalue weighted by Gasteiger charge is -2.01. The zero-order valence-electron chi connectivity index (χ0n) is 12.5. The Morgan fingerprint density at radius 2 is 1.08 bits per heavy atom. The highest BCUT2D eigenvalue weighted by molar-refractivity contribution is 5.80. The van der Waals surface area contributed by atoms with Crippen LogP contribution in [0.5, 0.6) is 0 Å². The maximum absolute atomic E-state index is 9.99. The largest absolute Gasteiger partial charge is 0.481 e. The van der Waals surface area contributed by atoms with Crippen LogP contribution in [0, 0.1) is 0 Å². The van der Waals surface area contributed by atoms with Crippen molar-refractivity contribution in [1.82, 2.24) is 0 Å². The topological polar surface area (TPSA) is 265 Å². The second-order valence-electron chi connectivity index (χ2n) is 4.02. The maximum Gasteiger partial charge on any atom is 0.321 e. The molecule has 0 rings (SSSR count). The standard InChI is InChI=1S/C5H9NO4.C4H7NO4.C2H5NO2/c6-3(5(9)10)1-2-4(7)8;5-2(4(8)9)1-3(6)7;3-1-2(4)5/h3H,1-2,6H2,(H,7,8)(H,9,10);2H,1,5H2,(H,6,7)(H,8,9);1,3H2,(H,4,5). The summed E-state index contributed by atoms with van der Waals surface area (Å²) < 4.78 is 0. The summed E-state index contributed by atoms with van der Waals surface area (Å²) in [5.41, 5.74) is 14.4. The quantitative estimate of drug-likeness (QED) is 0.218. The molecule has 0 amide bonds. The summed E-state index contributed by atoms with van der Waals surface area (Å²) in [5.74, 6) is -5.66. The van der Waals surface area contributed by atoms with E-state index in [1.165, 1.54) is 0 Å². The van der Waals surface area contributed by atoms with Crippen molar-refractivity contribution in [3.63, 3.8) is 0 Å². The summed E-state index contributed by atoms with van der Waals surface area (Å²) in [5, 5.41) is 39.9. The predicted octanol–water partition coefficient (Wildman–Crippen LogP) is -2.83. The summed E-state index contributed by atoms with van der Waals surface area (Å²) in [7, 11) is 0. The molecule has 0 bridgehead atoms. The van der Waals surface area contributed by atoms with E-state index in [1.807, 2.05) is 0 Å². The second-order valence-corrected chi connectivity index (χ2v) is 4.02. The van der Waals surface area contributed by atoms with Crippen LogP contribution in [-0.4, -0.2) is 74.0 Å². The lowest BCUT2D eigenvalue weighted by molar-refractivity contribution is -0.144. The predicted molar refractivity (Wildman–Crippen MR) is 77.0 cm³/mol. The van der Waals surface area contributed by atoms with Gasteiger partial charge in [0.25, 0.3) is 0 Å². The van der Waals surface area contributed by atoms with Gasteiger partial charge in [-0.05, 0) is 6.42 Å². The minimum atomic E-state index is -1.29. The molecule has 0 heterocycles. The van der Waals surface area contributed by atoms with Gasteiger partial charge in [-0.25, -0.2) is 0 Å². The highest BCUT2D eigenvalue weighted by Crippen LogP contribution is 1.93. The van der Waals surface area contributed by atoms with Crippen LogP contribution < -0.4 is 17.2 Å². The molecule has 0 aromatic heterocycles. The lowest BCUT2D eigenvalue weighted by atomic mass is 10.2. The molecule has 13 heteroatoms. The molecule has 0 radical (unpaired) electrons. The van der Waals surface area contributed by atoms with Gasteiger partial charge in [0.05, 0.1) is 13.0 Å². The van der Waals surface area contributed by atoms with Gasteiger partial charge in [0.2, 0.25) is 0 Å². The minimum Gasteiger partial charge on any atom is -0.481 e. The summed E-state index contributed by atoms with van der Waals surface area (Å²) in [4.78, 5) is 48.7. The normalized spacial score (nSPS) is 11.5. The molecule has 0 aliphatic carbocycles. The molecule has 13 nitrogen and oxygen atoms in total. The second kappa shape index (κ2) is 15.1. The van der Waals surface area contributed by atoms with E-state index in [0.717, 1.165) is 0 Å². The minimum absolute atomic E-state index is 0.0231. The summed E-state index contributed by atoms with van der Waals surface area (Å²) >= 11 is 0. The third-order valence-corrected chi connectivity index (χ3v) is 1.87. The van der Waals surface area contributed by atoms with Gasteiger partial charge >= 0.3 is 29.8 Å². The molecule has 0 saturated heterocycles. The van der Waals surface area contributed by atoms with Crippen LogP contribution >= 0.6 is 0 Å². The highest BCUT2D eigenvalue weighted by Gasteiger charge is 2.14. The first-order valence-corrected chi connectivity index (χ1v) is 6.17. The van der Waals surface area contributed by atoms with Crippen molar-refractivity contribution in [3.8, 4) is 0 Å². The number of aliphatic carboxylic acids is 5. The Kier molecular flexibility index (Phi) is 16.5. The molecule has 24 heavy (non-hydrogen) atoms. The van der Waals surface area contributed by atoms with Crippen LogP contribution in [0.15, 0.2) is 0 Å². The Bertz CT molecular complexity index is 440. The van der Waals surface area contributed by atoms with Gasteiger partial charge in [-0.1, -0.05) is 0 Å². The van der Waals surface area contributed by atoms with E-state index in [2.05, 4.69) is 5.73 Å². The molecule has 0 saturated carbocycles. The first-order valence-electron chi connectivity index (χ1n) is 6.17. The molecular weight excluding hydrogens is 334 g/mol. The SMILES string of the molecule is NC(CC(=O)O)C(=O)O.NC(CCC(=O)O)C(=O)O.NCC(=O)O. The Morgan fingerprint density at radius 1 is 0.708 bits per heavy atom. The monoisotopic (exact) mass is 355 g/mol. The Labute approximate surface area is 135 Å². The molecular formula is C11H21N3O10. The summed E-state index contributed by atoms with van der Waals surface area (Å²) in [6.07, 6.45) is -0.756. The molecule has 0 aromatic carbocycles. The fourth-order valence-electron chi connectivity index (χ4n) is 0.678. The molecule has 2 atom stereocenters. The maximum atomic E-state index is 9.99. The van der Waals surface area contributed by atoms with E-state index in [1.54, 1.807) is 0 Å². The number of carbonyl (C=O) groups is 5. The van der Waals surface area contributed by atoms with Gasteiger partial charge in [0, 0.05) is 6.42 Å². The van der Waals surface area contributed by atoms with Gasteiger partial charge in [-0.2, -0.15) is 0 Å². The van der Waals surface area contributed by atoms with Crippen molar-refractivity contribution in [2.75, 3.05) is 6.54 Å². The third kappa shape index (κ3) is 24.3. The summed E-state index contributed by atoms with van der Waals surface area (Å²) in [6, 6.07) is -2.35. The first-order chi connectivity index (χ1) is 10.8. The molecule has 0 aliphatic rings. The van der Waals surface area contributed by atoms with Crippen molar-refractivity contribution < 1.29 is 49.5 Å². The van der Waals surface area contributed by atoms with Gasteiger partial charge in [0.1, 0.15) is 12.1 Å². The van der Waals surface area contributed by atoms with Crippen molar-refractivity contribution in [2.45, 2.75) is 31.3 Å². The van der Waals surface area contributed by atoms with E-state index in [-0.39, 0.29) is 19.4 Å². The van der Waals surface area contributed by atoms with Crippen molar-refractivity contribution in [1.29, 1.82) is 0 Å². The lowest BCUT2D eigenvalue weighted by Crippen LogP contribution is -2.32. The van der Waals surface area contributed by atoms with Crippen LogP contribution in [0.4, 0.5) is 0 Å². The summed E-state index contributed by atoms with van der Waals surface area (Å²) in [6.45, 7) is -0.278. The molecule has 2 unspecified atom stereocenters. The molecule has 0 aliphatic heterocycles. The van der Waals surface area contributed by atoms with Crippen LogP contribution in [-0.2, 0) is 24.0 Å². The third-order valence-electron chi connectivity index (χ3n) is 1.87. The van der Waals surface area contributed by atoms with Crippen LogP contribution in [0.2, 0.25) is 0 Å². The zero-order valence-corrected chi connectivity index (χ0v) is 12.5. The van der Waals surface area contributed by atoms with Crippen molar-refractivity contribution in [3.05, 3.63) is 0 Å². The van der Waals surface area contributed by atoms with E-state index in [9.17, 15) is 24.0 Å². The molecule has 0 aromatic rings. The molecule has 0 spiro atoms. The first kappa shape index (κ1) is 26.1. The molecule has 0 fully saturated rings. The fourth-order valence-corrected chi connectivity index (χ4v) is 0.678. The average Bonchev–Trinajstić information content (AvgIpc) is 2.44. The van der Waals surface area contributed by atoms with Crippen molar-refractivity contribution >= 4 is 29.8 Å². The number of nitrogens with two attached hydrogens (primary N) is 3. The van der Waals surface area contributed by atoms with Gasteiger partial charge in [-0.15, -0.1) is 0 Å². The van der Waals surface area contributed by atoms with E-state index in [4.69, 9.17) is 37.0 Å². The fraction of sp³-hybridized carbons (Fsp3) is 0.545. The Morgan fingerprint density at radius 3 is 1.25 bits per heavy atom. The number of hydrogen-bond acceptors (Lipinski definition) is 8. The van der Waals surface area contributed by atoms with Gasteiger partial charge < -0.3 is 42.7 Å². The number of hydrogen-bond donors (Lipinski definition) is 8. The van der Waals surface area contributed by atoms with Gasteiger partial charge in [-0.3, -0.25) is 24.0 Å². The number of rotatable bonds is 8. The van der Waals surface area contributed by atoms with E-state index < -0.39 is 48.4 Å². The zero-order chi connectivity index (χ0) is 19.9. The smallest absolute Gasteiger partial charge is 0.321 e.